The van der Waals surface area contributed by atoms with Gasteiger partial charge in [-0.2, -0.15) is 0 Å². The smallest absolute Gasteiger partial charge is 0.244 e. The Labute approximate surface area is 181 Å². The molecule has 2 aromatic heterocycles. The fraction of sp³-hybridized carbons (Fsp3) is 0.292. The molecular formula is C24H24N4O3. The molecule has 0 N–H and O–H groups in total. The Morgan fingerprint density at radius 3 is 2.71 bits per heavy atom. The van der Waals surface area contributed by atoms with Gasteiger partial charge in [-0.3, -0.25) is 14.7 Å². The highest BCUT2D eigenvalue weighted by atomic mass is 16.5. The summed E-state index contributed by atoms with van der Waals surface area (Å²) in [4.78, 5) is 26.5. The minimum absolute atomic E-state index is 0.0293. The van der Waals surface area contributed by atoms with E-state index in [1.807, 2.05) is 59.5 Å². The maximum Gasteiger partial charge on any atom is 0.244 e. The number of anilines is 1. The van der Waals surface area contributed by atoms with Gasteiger partial charge in [0.25, 0.3) is 0 Å². The summed E-state index contributed by atoms with van der Waals surface area (Å²) in [5, 5.41) is 0. The predicted molar refractivity (Wildman–Crippen MR) is 116 cm³/mol. The molecule has 0 radical (unpaired) electrons. The molecule has 5 rings (SSSR count). The Kier molecular flexibility index (Phi) is 5.26. The summed E-state index contributed by atoms with van der Waals surface area (Å²) in [6.45, 7) is 1.72. The Bertz CT molecular complexity index is 1060. The minimum Gasteiger partial charge on any atom is -0.487 e. The van der Waals surface area contributed by atoms with Gasteiger partial charge in [-0.15, -0.1) is 0 Å². The third kappa shape index (κ3) is 3.96. The van der Waals surface area contributed by atoms with Gasteiger partial charge in [-0.25, -0.2) is 4.98 Å². The summed E-state index contributed by atoms with van der Waals surface area (Å²) in [6, 6.07) is 17.1. The molecule has 7 heteroatoms. The highest BCUT2D eigenvalue weighted by molar-refractivity contribution is 5.99. The van der Waals surface area contributed by atoms with Gasteiger partial charge in [0.1, 0.15) is 11.9 Å². The molecule has 31 heavy (non-hydrogen) atoms. The number of aromatic nitrogens is 2. The van der Waals surface area contributed by atoms with Crippen LogP contribution in [0.5, 0.6) is 11.6 Å². The Morgan fingerprint density at radius 2 is 1.94 bits per heavy atom. The van der Waals surface area contributed by atoms with E-state index < -0.39 is 0 Å². The lowest BCUT2D eigenvalue weighted by molar-refractivity contribution is -0.123. The number of pyridine rings is 2. The highest BCUT2D eigenvalue weighted by Crippen LogP contribution is 2.37. The fourth-order valence-corrected chi connectivity index (χ4v) is 4.31. The van der Waals surface area contributed by atoms with Crippen LogP contribution in [-0.4, -0.2) is 46.6 Å². The second-order valence-electron chi connectivity index (χ2n) is 7.84. The van der Waals surface area contributed by atoms with E-state index in [4.69, 9.17) is 9.47 Å². The number of hydrogen-bond acceptors (Lipinski definition) is 6. The normalized spacial score (nSPS) is 20.5. The zero-order valence-corrected chi connectivity index (χ0v) is 17.3. The molecule has 2 atom stereocenters. The van der Waals surface area contributed by atoms with Gasteiger partial charge < -0.3 is 14.4 Å². The summed E-state index contributed by atoms with van der Waals surface area (Å²) < 4.78 is 11.5. The van der Waals surface area contributed by atoms with Crippen LogP contribution >= 0.6 is 0 Å². The summed E-state index contributed by atoms with van der Waals surface area (Å²) in [7, 11) is 1.60. The third-order valence-corrected chi connectivity index (χ3v) is 5.80. The van der Waals surface area contributed by atoms with E-state index in [1.54, 1.807) is 19.5 Å². The summed E-state index contributed by atoms with van der Waals surface area (Å²) >= 11 is 0. The van der Waals surface area contributed by atoms with Crippen molar-refractivity contribution in [3.63, 3.8) is 0 Å². The Balaban J connectivity index is 1.45. The second kappa shape index (κ2) is 8.35. The van der Waals surface area contributed by atoms with E-state index in [-0.39, 0.29) is 18.1 Å². The quantitative estimate of drug-likeness (QED) is 0.637. The molecule has 2 aliphatic rings. The van der Waals surface area contributed by atoms with Gasteiger partial charge in [-0.1, -0.05) is 24.3 Å². The van der Waals surface area contributed by atoms with Crippen LogP contribution in [0.4, 0.5) is 5.69 Å². The number of hydrogen-bond donors (Lipinski definition) is 0. The van der Waals surface area contributed by atoms with Gasteiger partial charge in [0.05, 0.1) is 31.1 Å². The van der Waals surface area contributed by atoms with Crippen molar-refractivity contribution >= 4 is 11.6 Å². The van der Waals surface area contributed by atoms with Crippen LogP contribution in [0.3, 0.4) is 0 Å². The first-order chi connectivity index (χ1) is 15.2. The number of nitrogens with zero attached hydrogens (tertiary/aromatic N) is 4. The molecule has 3 aromatic rings. The Morgan fingerprint density at radius 1 is 1.06 bits per heavy atom. The Hall–Kier alpha value is -3.45. The van der Waals surface area contributed by atoms with Crippen molar-refractivity contribution in [3.05, 3.63) is 78.2 Å². The molecule has 0 spiro atoms. The molecule has 0 saturated carbocycles. The van der Waals surface area contributed by atoms with Crippen LogP contribution in [0.15, 0.2) is 67.0 Å². The number of likely N-dealkylation sites (tertiary alicyclic amines) is 1. The van der Waals surface area contributed by atoms with Crippen LogP contribution < -0.4 is 14.4 Å². The van der Waals surface area contributed by atoms with Crippen LogP contribution in [0.2, 0.25) is 0 Å². The SMILES string of the molecule is COc1ccc(CN2CC3CC2C(=O)N(Cc2ccccn2)c2ccccc2O3)cn1. The highest BCUT2D eigenvalue weighted by Gasteiger charge is 2.42. The van der Waals surface area contributed by atoms with Crippen molar-refractivity contribution in [2.24, 2.45) is 0 Å². The van der Waals surface area contributed by atoms with Crippen LogP contribution in [0, 0.1) is 0 Å². The van der Waals surface area contributed by atoms with Gasteiger partial charge in [0, 0.05) is 38.0 Å². The van der Waals surface area contributed by atoms with Crippen LogP contribution in [0.25, 0.3) is 0 Å². The topological polar surface area (TPSA) is 67.8 Å². The lowest BCUT2D eigenvalue weighted by Gasteiger charge is -2.31. The summed E-state index contributed by atoms with van der Waals surface area (Å²) in [6.07, 6.45) is 4.18. The number of carbonyl (C=O) groups is 1. The van der Waals surface area contributed by atoms with Crippen molar-refractivity contribution in [2.45, 2.75) is 31.7 Å². The molecule has 0 aliphatic carbocycles. The molecule has 2 bridgehead atoms. The average molecular weight is 416 g/mol. The van der Waals surface area contributed by atoms with Gasteiger partial charge >= 0.3 is 0 Å². The van der Waals surface area contributed by atoms with E-state index >= 15 is 0 Å². The van der Waals surface area contributed by atoms with Crippen LogP contribution in [-0.2, 0) is 17.9 Å². The zero-order chi connectivity index (χ0) is 21.2. The molecule has 4 heterocycles. The predicted octanol–water partition coefficient (Wildman–Crippen LogP) is 3.05. The number of carbonyl (C=O) groups excluding carboxylic acids is 1. The second-order valence-corrected chi connectivity index (χ2v) is 7.84. The fourth-order valence-electron chi connectivity index (χ4n) is 4.31. The van der Waals surface area contributed by atoms with Gasteiger partial charge in [-0.05, 0) is 29.8 Å². The van der Waals surface area contributed by atoms with Gasteiger partial charge in [0.15, 0.2) is 0 Å². The van der Waals surface area contributed by atoms with E-state index in [9.17, 15) is 4.79 Å². The standard InChI is InChI=1S/C24H24N4O3/c1-30-23-10-9-17(13-26-23)14-27-16-19-12-21(27)24(29)28(15-18-6-4-5-11-25-18)20-7-2-3-8-22(20)31-19/h2-11,13,19,21H,12,14-16H2,1H3. The number of para-hydroxylation sites is 2. The van der Waals surface area contributed by atoms with Crippen LogP contribution in [0.1, 0.15) is 17.7 Å². The van der Waals surface area contributed by atoms with Crippen molar-refractivity contribution in [3.8, 4) is 11.6 Å². The number of benzene rings is 1. The van der Waals surface area contributed by atoms with E-state index in [2.05, 4.69) is 14.9 Å². The number of rotatable bonds is 5. The number of fused-ring (bicyclic) bond motifs is 3. The van der Waals surface area contributed by atoms with Crippen molar-refractivity contribution < 1.29 is 14.3 Å². The first-order valence-corrected chi connectivity index (χ1v) is 10.4. The van der Waals surface area contributed by atoms with Crippen molar-refractivity contribution in [1.82, 2.24) is 14.9 Å². The average Bonchev–Trinajstić information content (AvgIpc) is 3.21. The molecule has 7 nitrogen and oxygen atoms in total. The molecule has 158 valence electrons. The molecule has 1 aromatic carbocycles. The molecular weight excluding hydrogens is 392 g/mol. The largest absolute Gasteiger partial charge is 0.487 e. The van der Waals surface area contributed by atoms with E-state index in [0.717, 1.165) is 22.7 Å². The van der Waals surface area contributed by atoms with E-state index in [1.165, 1.54) is 0 Å². The zero-order valence-electron chi connectivity index (χ0n) is 17.3. The lowest BCUT2D eigenvalue weighted by Crippen LogP contribution is -2.45. The molecule has 1 saturated heterocycles. The molecule has 2 aliphatic heterocycles. The summed E-state index contributed by atoms with van der Waals surface area (Å²) in [5.74, 6) is 1.39. The maximum atomic E-state index is 13.8. The first-order valence-electron chi connectivity index (χ1n) is 10.4. The minimum atomic E-state index is -0.260. The summed E-state index contributed by atoms with van der Waals surface area (Å²) in [5.41, 5.74) is 2.67. The number of methoxy groups -OCH3 is 1. The van der Waals surface area contributed by atoms with Crippen molar-refractivity contribution in [1.29, 1.82) is 0 Å². The molecule has 1 fully saturated rings. The van der Waals surface area contributed by atoms with Gasteiger partial charge in [0.2, 0.25) is 11.8 Å². The van der Waals surface area contributed by atoms with Crippen molar-refractivity contribution in [2.75, 3.05) is 18.6 Å². The van der Waals surface area contributed by atoms with E-state index in [0.29, 0.717) is 31.9 Å². The molecule has 1 amide bonds. The molecule has 2 unspecified atom stereocenters. The number of amides is 1. The number of ether oxygens (including phenoxy) is 2. The monoisotopic (exact) mass is 416 g/mol. The third-order valence-electron chi connectivity index (χ3n) is 5.80. The first kappa shape index (κ1) is 19.5. The lowest BCUT2D eigenvalue weighted by atomic mass is 10.1. The maximum absolute atomic E-state index is 13.8.